The van der Waals surface area contributed by atoms with Gasteiger partial charge in [-0.2, -0.15) is 0 Å². The fraction of sp³-hybridized carbons (Fsp3) is 0.708. The molecule has 1 amide bonds. The first-order valence-electron chi connectivity index (χ1n) is 11.2. The highest BCUT2D eigenvalue weighted by Gasteiger charge is 2.32. The number of hydrogen-bond donors (Lipinski definition) is 0. The van der Waals surface area contributed by atoms with Gasteiger partial charge in [-0.3, -0.25) is 0 Å². The van der Waals surface area contributed by atoms with Gasteiger partial charge < -0.3 is 14.5 Å². The maximum atomic E-state index is 13.8. The minimum atomic E-state index is -0.434. The van der Waals surface area contributed by atoms with Gasteiger partial charge >= 0.3 is 6.09 Å². The van der Waals surface area contributed by atoms with Crippen LogP contribution in [0.25, 0.3) is 0 Å². The maximum Gasteiger partial charge on any atom is 0.410 e. The molecule has 0 spiro atoms. The average molecular weight is 407 g/mol. The lowest BCUT2D eigenvalue weighted by atomic mass is 9.79. The molecule has 5 heteroatoms. The van der Waals surface area contributed by atoms with E-state index in [-0.39, 0.29) is 11.9 Å². The number of carbonyl (C=O) groups is 1. The summed E-state index contributed by atoms with van der Waals surface area (Å²) in [7, 11) is 0. The molecule has 2 saturated heterocycles. The van der Waals surface area contributed by atoms with Crippen LogP contribution >= 0.6 is 0 Å². The molecule has 1 aromatic carbocycles. The zero-order valence-electron chi connectivity index (χ0n) is 19.1. The first kappa shape index (κ1) is 23.5. The van der Waals surface area contributed by atoms with E-state index >= 15 is 0 Å². The van der Waals surface area contributed by atoms with Crippen LogP contribution in [0.3, 0.4) is 0 Å². The summed E-state index contributed by atoms with van der Waals surface area (Å²) in [5.74, 6) is 1.27. The van der Waals surface area contributed by atoms with E-state index in [1.807, 2.05) is 51.7 Å². The molecule has 0 saturated carbocycles. The van der Waals surface area contributed by atoms with Gasteiger partial charge in [0.25, 0.3) is 0 Å². The molecule has 0 N–H and O–H groups in total. The van der Waals surface area contributed by atoms with E-state index in [4.69, 9.17) is 4.74 Å². The third kappa shape index (κ3) is 6.61. The second kappa shape index (κ2) is 10.3. The molecular formula is C24H39FN2O2. The van der Waals surface area contributed by atoms with Gasteiger partial charge in [0.15, 0.2) is 0 Å². The number of ether oxygens (including phenoxy) is 1. The van der Waals surface area contributed by atoms with Crippen LogP contribution in [0.5, 0.6) is 0 Å². The van der Waals surface area contributed by atoms with Gasteiger partial charge in [0.1, 0.15) is 11.4 Å². The zero-order valence-corrected chi connectivity index (χ0v) is 19.1. The van der Waals surface area contributed by atoms with Crippen molar-refractivity contribution in [1.82, 2.24) is 4.90 Å². The molecule has 3 rings (SSSR count). The van der Waals surface area contributed by atoms with Crippen LogP contribution in [0.2, 0.25) is 0 Å². The number of hydrogen-bond acceptors (Lipinski definition) is 3. The summed E-state index contributed by atoms with van der Waals surface area (Å²) in [6, 6.07) is 5.55. The lowest BCUT2D eigenvalue weighted by molar-refractivity contribution is 0.0152. The van der Waals surface area contributed by atoms with Crippen molar-refractivity contribution in [3.8, 4) is 0 Å². The van der Waals surface area contributed by atoms with E-state index in [9.17, 15) is 9.18 Å². The Morgan fingerprint density at radius 2 is 1.52 bits per heavy atom. The first-order valence-corrected chi connectivity index (χ1v) is 11.2. The number of likely N-dealkylation sites (tertiary alicyclic amines) is 1. The van der Waals surface area contributed by atoms with Crippen molar-refractivity contribution >= 4 is 11.8 Å². The number of anilines is 1. The normalized spacial score (nSPS) is 18.9. The van der Waals surface area contributed by atoms with Crippen LogP contribution in [0.1, 0.15) is 65.9 Å². The molecule has 0 aromatic heterocycles. The second-order valence-electron chi connectivity index (χ2n) is 9.06. The lowest BCUT2D eigenvalue weighted by Gasteiger charge is -2.41. The summed E-state index contributed by atoms with van der Waals surface area (Å²) in [5, 5.41) is 0. The van der Waals surface area contributed by atoms with Crippen LogP contribution in [-0.2, 0) is 4.74 Å². The molecule has 29 heavy (non-hydrogen) atoms. The Balaban J connectivity index is 0.00000145. The highest BCUT2D eigenvalue weighted by atomic mass is 19.1. The molecule has 0 unspecified atom stereocenters. The summed E-state index contributed by atoms with van der Waals surface area (Å²) in [5.41, 5.74) is 1.26. The van der Waals surface area contributed by atoms with Crippen LogP contribution in [0.15, 0.2) is 18.2 Å². The fourth-order valence-electron chi connectivity index (χ4n) is 4.29. The number of rotatable bonds is 2. The standard InChI is InChI=1S/C22H33FN2O2.C2H6/c1-16-5-6-19(15-20(16)23)24-11-7-17(8-12-24)18-9-13-25(14-10-18)21(26)27-22(2,3)4;1-2/h5-6,15,17-18H,7-14H2,1-4H3;1-2H3. The Morgan fingerprint density at radius 3 is 2.00 bits per heavy atom. The van der Waals surface area contributed by atoms with Crippen molar-refractivity contribution in [2.24, 2.45) is 11.8 Å². The number of halogens is 1. The Labute approximate surface area is 176 Å². The van der Waals surface area contributed by atoms with Gasteiger partial charge in [0, 0.05) is 31.9 Å². The highest BCUT2D eigenvalue weighted by Crippen LogP contribution is 2.34. The SMILES string of the molecule is CC.Cc1ccc(N2CCC(C3CCN(C(=O)OC(C)(C)C)CC3)CC2)cc1F. The smallest absolute Gasteiger partial charge is 0.410 e. The van der Waals surface area contributed by atoms with Gasteiger partial charge in [-0.25, -0.2) is 9.18 Å². The Morgan fingerprint density at radius 1 is 1.00 bits per heavy atom. The van der Waals surface area contributed by atoms with Gasteiger partial charge in [-0.05, 0) is 82.9 Å². The molecule has 4 nitrogen and oxygen atoms in total. The molecular weight excluding hydrogens is 367 g/mol. The van der Waals surface area contributed by atoms with Gasteiger partial charge in [0.05, 0.1) is 0 Å². The lowest BCUT2D eigenvalue weighted by Crippen LogP contribution is -2.44. The summed E-state index contributed by atoms with van der Waals surface area (Å²) in [4.78, 5) is 16.4. The number of benzene rings is 1. The van der Waals surface area contributed by atoms with Gasteiger partial charge in [0.2, 0.25) is 0 Å². The summed E-state index contributed by atoms with van der Waals surface area (Å²) < 4.78 is 19.3. The first-order chi connectivity index (χ1) is 13.7. The molecule has 2 aliphatic rings. The van der Waals surface area contributed by atoms with E-state index in [0.717, 1.165) is 57.5 Å². The van der Waals surface area contributed by atoms with Crippen LogP contribution in [-0.4, -0.2) is 42.8 Å². The van der Waals surface area contributed by atoms with E-state index in [1.165, 1.54) is 0 Å². The maximum absolute atomic E-state index is 13.8. The predicted molar refractivity (Wildman–Crippen MR) is 118 cm³/mol. The van der Waals surface area contributed by atoms with Crippen molar-refractivity contribution in [2.45, 2.75) is 72.8 Å². The van der Waals surface area contributed by atoms with Crippen molar-refractivity contribution in [1.29, 1.82) is 0 Å². The Kier molecular flexibility index (Phi) is 8.35. The van der Waals surface area contributed by atoms with Crippen molar-refractivity contribution in [3.05, 3.63) is 29.6 Å². The number of nitrogens with zero attached hydrogens (tertiary/aromatic N) is 2. The van der Waals surface area contributed by atoms with Crippen LogP contribution < -0.4 is 4.90 Å². The number of amides is 1. The summed E-state index contributed by atoms with van der Waals surface area (Å²) >= 11 is 0. The van der Waals surface area contributed by atoms with E-state index < -0.39 is 5.60 Å². The molecule has 0 aliphatic carbocycles. The zero-order chi connectivity index (χ0) is 21.6. The molecule has 164 valence electrons. The second-order valence-corrected chi connectivity index (χ2v) is 9.06. The molecule has 0 atom stereocenters. The van der Waals surface area contributed by atoms with Gasteiger partial charge in [-0.15, -0.1) is 0 Å². The Bertz CT molecular complexity index is 655. The third-order valence-electron chi connectivity index (χ3n) is 5.92. The molecule has 2 heterocycles. The van der Waals surface area contributed by atoms with E-state index in [0.29, 0.717) is 17.4 Å². The minimum Gasteiger partial charge on any atom is -0.444 e. The topological polar surface area (TPSA) is 32.8 Å². The quantitative estimate of drug-likeness (QED) is 0.602. The van der Waals surface area contributed by atoms with E-state index in [2.05, 4.69) is 4.90 Å². The molecule has 2 fully saturated rings. The van der Waals surface area contributed by atoms with Gasteiger partial charge in [-0.1, -0.05) is 19.9 Å². The average Bonchev–Trinajstić information content (AvgIpc) is 2.71. The minimum absolute atomic E-state index is 0.121. The monoisotopic (exact) mass is 406 g/mol. The molecule has 0 bridgehead atoms. The molecule has 2 aliphatic heterocycles. The van der Waals surface area contributed by atoms with Crippen molar-refractivity contribution in [2.75, 3.05) is 31.1 Å². The largest absolute Gasteiger partial charge is 0.444 e. The fourth-order valence-corrected chi connectivity index (χ4v) is 4.29. The molecule has 1 aromatic rings. The predicted octanol–water partition coefficient (Wildman–Crippen LogP) is 6.02. The summed E-state index contributed by atoms with van der Waals surface area (Å²) in [6.45, 7) is 15.1. The van der Waals surface area contributed by atoms with Crippen molar-refractivity contribution < 1.29 is 13.9 Å². The third-order valence-corrected chi connectivity index (χ3v) is 5.92. The highest BCUT2D eigenvalue weighted by molar-refractivity contribution is 5.68. The Hall–Kier alpha value is -1.78. The number of aryl methyl sites for hydroxylation is 1. The van der Waals surface area contributed by atoms with Crippen LogP contribution in [0, 0.1) is 24.6 Å². The van der Waals surface area contributed by atoms with Crippen molar-refractivity contribution in [3.63, 3.8) is 0 Å². The number of carbonyl (C=O) groups excluding carboxylic acids is 1. The molecule has 0 radical (unpaired) electrons. The van der Waals surface area contributed by atoms with Crippen LogP contribution in [0.4, 0.5) is 14.9 Å². The summed E-state index contributed by atoms with van der Waals surface area (Å²) in [6.07, 6.45) is 4.22. The number of piperidine rings is 2. The van der Waals surface area contributed by atoms with E-state index in [1.54, 1.807) is 13.0 Å².